The molecule has 1 N–H and O–H groups in total. The molecule has 23 heavy (non-hydrogen) atoms. The number of hydrogen-bond acceptors (Lipinski definition) is 2. The minimum Gasteiger partial charge on any atom is -0.351 e. The third-order valence-electron chi connectivity index (χ3n) is 4.54. The summed E-state index contributed by atoms with van der Waals surface area (Å²) < 4.78 is 0. The SMILES string of the molecule is CC1CCN(C(=O)C(C)(C)C(=O)NCc2ccc(Cl)cc2)CC1. The summed E-state index contributed by atoms with van der Waals surface area (Å²) in [6, 6.07) is 7.30. The molecule has 0 bridgehead atoms. The number of piperidine rings is 1. The monoisotopic (exact) mass is 336 g/mol. The van der Waals surface area contributed by atoms with Crippen molar-refractivity contribution in [3.05, 3.63) is 34.9 Å². The number of benzene rings is 1. The van der Waals surface area contributed by atoms with Gasteiger partial charge in [0.2, 0.25) is 11.8 Å². The normalized spacial score (nSPS) is 16.3. The van der Waals surface area contributed by atoms with E-state index in [0.717, 1.165) is 31.5 Å². The van der Waals surface area contributed by atoms with Crippen LogP contribution in [0.1, 0.15) is 39.2 Å². The van der Waals surface area contributed by atoms with Gasteiger partial charge in [0.05, 0.1) is 0 Å². The molecule has 1 saturated heterocycles. The summed E-state index contributed by atoms with van der Waals surface area (Å²) in [5.41, 5.74) is -0.0923. The van der Waals surface area contributed by atoms with Crippen LogP contribution in [0.5, 0.6) is 0 Å². The summed E-state index contributed by atoms with van der Waals surface area (Å²) in [5, 5.41) is 3.52. The van der Waals surface area contributed by atoms with Gasteiger partial charge in [-0.2, -0.15) is 0 Å². The Kier molecular flexibility index (Phi) is 5.69. The molecular weight excluding hydrogens is 312 g/mol. The van der Waals surface area contributed by atoms with Crippen molar-refractivity contribution >= 4 is 23.4 Å². The standard InChI is InChI=1S/C18H25ClN2O2/c1-13-8-10-21(11-9-13)17(23)18(2,3)16(22)20-12-14-4-6-15(19)7-5-14/h4-7,13H,8-12H2,1-3H3,(H,20,22). The average molecular weight is 337 g/mol. The third kappa shape index (κ3) is 4.47. The summed E-state index contributed by atoms with van der Waals surface area (Å²) in [6.45, 7) is 7.48. The van der Waals surface area contributed by atoms with Gasteiger partial charge in [-0.05, 0) is 50.3 Å². The van der Waals surface area contributed by atoms with Crippen LogP contribution in [0.15, 0.2) is 24.3 Å². The highest BCUT2D eigenvalue weighted by molar-refractivity contribution is 6.30. The van der Waals surface area contributed by atoms with Crippen molar-refractivity contribution in [2.75, 3.05) is 13.1 Å². The van der Waals surface area contributed by atoms with Crippen molar-refractivity contribution in [3.8, 4) is 0 Å². The van der Waals surface area contributed by atoms with Gasteiger partial charge in [-0.1, -0.05) is 30.7 Å². The van der Waals surface area contributed by atoms with E-state index in [4.69, 9.17) is 11.6 Å². The Labute approximate surface area is 143 Å². The molecule has 126 valence electrons. The largest absolute Gasteiger partial charge is 0.351 e. The molecule has 1 fully saturated rings. The van der Waals surface area contributed by atoms with E-state index in [-0.39, 0.29) is 11.8 Å². The number of rotatable bonds is 4. The Morgan fingerprint density at radius 2 is 1.78 bits per heavy atom. The fourth-order valence-electron chi connectivity index (χ4n) is 2.71. The van der Waals surface area contributed by atoms with Crippen LogP contribution in [0.4, 0.5) is 0 Å². The Balaban J connectivity index is 1.93. The minimum absolute atomic E-state index is 0.0852. The van der Waals surface area contributed by atoms with E-state index in [0.29, 0.717) is 17.5 Å². The molecule has 0 saturated carbocycles. The van der Waals surface area contributed by atoms with Crippen LogP contribution in [-0.2, 0) is 16.1 Å². The highest BCUT2D eigenvalue weighted by Crippen LogP contribution is 2.24. The Morgan fingerprint density at radius 3 is 2.35 bits per heavy atom. The molecule has 0 spiro atoms. The molecule has 1 aromatic carbocycles. The summed E-state index contributed by atoms with van der Waals surface area (Å²) in [4.78, 5) is 27.0. The van der Waals surface area contributed by atoms with Gasteiger partial charge in [-0.3, -0.25) is 9.59 Å². The highest BCUT2D eigenvalue weighted by atomic mass is 35.5. The Bertz CT molecular complexity index is 561. The maximum absolute atomic E-state index is 12.7. The average Bonchev–Trinajstić information content (AvgIpc) is 2.54. The summed E-state index contributed by atoms with van der Waals surface area (Å²) >= 11 is 5.85. The van der Waals surface area contributed by atoms with Crippen LogP contribution in [-0.4, -0.2) is 29.8 Å². The summed E-state index contributed by atoms with van der Waals surface area (Å²) in [6.07, 6.45) is 2.02. The lowest BCUT2D eigenvalue weighted by Gasteiger charge is -2.35. The van der Waals surface area contributed by atoms with Crippen molar-refractivity contribution in [1.29, 1.82) is 0 Å². The van der Waals surface area contributed by atoms with Crippen LogP contribution in [0.3, 0.4) is 0 Å². The quantitative estimate of drug-likeness (QED) is 0.858. The van der Waals surface area contributed by atoms with Gasteiger partial charge in [0.25, 0.3) is 0 Å². The maximum Gasteiger partial charge on any atom is 0.237 e. The van der Waals surface area contributed by atoms with Crippen molar-refractivity contribution < 1.29 is 9.59 Å². The van der Waals surface area contributed by atoms with Gasteiger partial charge in [-0.25, -0.2) is 0 Å². The van der Waals surface area contributed by atoms with Gasteiger partial charge >= 0.3 is 0 Å². The van der Waals surface area contributed by atoms with E-state index in [1.54, 1.807) is 26.0 Å². The van der Waals surface area contributed by atoms with E-state index in [1.807, 2.05) is 17.0 Å². The first kappa shape index (κ1) is 17.8. The molecule has 1 aliphatic heterocycles. The number of amides is 2. The number of carbonyl (C=O) groups is 2. The predicted octanol–water partition coefficient (Wildman–Crippen LogP) is 3.24. The number of hydrogen-bond donors (Lipinski definition) is 1. The lowest BCUT2D eigenvalue weighted by Crippen LogP contribution is -2.51. The zero-order valence-corrected chi connectivity index (χ0v) is 14.8. The number of halogens is 1. The smallest absolute Gasteiger partial charge is 0.237 e. The second kappa shape index (κ2) is 7.35. The fraction of sp³-hybridized carbons (Fsp3) is 0.556. The van der Waals surface area contributed by atoms with Gasteiger partial charge < -0.3 is 10.2 Å². The molecule has 2 rings (SSSR count). The summed E-state index contributed by atoms with van der Waals surface area (Å²) in [5.74, 6) is 0.329. The molecule has 1 aromatic rings. The second-order valence-corrected chi connectivity index (χ2v) is 7.35. The predicted molar refractivity (Wildman–Crippen MR) is 92.1 cm³/mol. The van der Waals surface area contributed by atoms with Gasteiger partial charge in [0, 0.05) is 24.7 Å². The zero-order chi connectivity index (χ0) is 17.0. The molecule has 1 aliphatic rings. The van der Waals surface area contributed by atoms with E-state index in [9.17, 15) is 9.59 Å². The van der Waals surface area contributed by atoms with E-state index in [2.05, 4.69) is 12.2 Å². The zero-order valence-electron chi connectivity index (χ0n) is 14.1. The van der Waals surface area contributed by atoms with Crippen LogP contribution < -0.4 is 5.32 Å². The number of likely N-dealkylation sites (tertiary alicyclic amines) is 1. The molecule has 0 unspecified atom stereocenters. The number of nitrogens with zero attached hydrogens (tertiary/aromatic N) is 1. The second-order valence-electron chi connectivity index (χ2n) is 6.91. The number of carbonyl (C=O) groups excluding carboxylic acids is 2. The lowest BCUT2D eigenvalue weighted by atomic mass is 9.88. The van der Waals surface area contributed by atoms with E-state index < -0.39 is 5.41 Å². The molecule has 5 heteroatoms. The minimum atomic E-state index is -1.05. The maximum atomic E-state index is 12.7. The Hall–Kier alpha value is -1.55. The van der Waals surface area contributed by atoms with Crippen LogP contribution in [0.25, 0.3) is 0 Å². The molecule has 0 aliphatic carbocycles. The van der Waals surface area contributed by atoms with Crippen molar-refractivity contribution in [3.63, 3.8) is 0 Å². The summed E-state index contributed by atoms with van der Waals surface area (Å²) in [7, 11) is 0. The topological polar surface area (TPSA) is 49.4 Å². The molecule has 0 atom stereocenters. The first-order valence-corrected chi connectivity index (χ1v) is 8.50. The lowest BCUT2D eigenvalue weighted by molar-refractivity contribution is -0.149. The van der Waals surface area contributed by atoms with Gasteiger partial charge in [-0.15, -0.1) is 0 Å². The van der Waals surface area contributed by atoms with Gasteiger partial charge in [0.15, 0.2) is 0 Å². The number of nitrogens with one attached hydrogen (secondary N) is 1. The fourth-order valence-corrected chi connectivity index (χ4v) is 2.84. The molecule has 0 radical (unpaired) electrons. The highest BCUT2D eigenvalue weighted by Gasteiger charge is 2.39. The van der Waals surface area contributed by atoms with Crippen LogP contribution >= 0.6 is 11.6 Å². The van der Waals surface area contributed by atoms with E-state index in [1.165, 1.54) is 0 Å². The van der Waals surface area contributed by atoms with Crippen LogP contribution in [0, 0.1) is 11.3 Å². The van der Waals surface area contributed by atoms with E-state index >= 15 is 0 Å². The van der Waals surface area contributed by atoms with Crippen molar-refractivity contribution in [2.45, 2.75) is 40.2 Å². The molecule has 4 nitrogen and oxygen atoms in total. The molecule has 2 amide bonds. The van der Waals surface area contributed by atoms with Crippen molar-refractivity contribution in [1.82, 2.24) is 10.2 Å². The van der Waals surface area contributed by atoms with Gasteiger partial charge in [0.1, 0.15) is 5.41 Å². The first-order valence-electron chi connectivity index (χ1n) is 8.13. The van der Waals surface area contributed by atoms with Crippen molar-refractivity contribution in [2.24, 2.45) is 11.3 Å². The van der Waals surface area contributed by atoms with Crippen LogP contribution in [0.2, 0.25) is 5.02 Å². The Morgan fingerprint density at radius 1 is 1.22 bits per heavy atom. The molecule has 1 heterocycles. The molecule has 0 aromatic heterocycles. The molecular formula is C18H25ClN2O2. The first-order chi connectivity index (χ1) is 10.8. The third-order valence-corrected chi connectivity index (χ3v) is 4.79.